The first kappa shape index (κ1) is 30.2. The number of ether oxygens (including phenoxy) is 1. The number of nitrogen functional groups attached to an aromatic ring is 1. The van der Waals surface area contributed by atoms with E-state index >= 15 is 0 Å². The van der Waals surface area contributed by atoms with Gasteiger partial charge in [-0.05, 0) is 65.1 Å². The maximum absolute atomic E-state index is 14.9. The maximum Gasteiger partial charge on any atom is 0.245 e. The van der Waals surface area contributed by atoms with Gasteiger partial charge in [-0.1, -0.05) is 31.2 Å². The van der Waals surface area contributed by atoms with Crippen molar-refractivity contribution < 1.29 is 22.7 Å². The SMILES string of the molecule is CC/C(=C(/c1ccc(OCCNC/C=C/C(=O)N(C)C)cc1)c1ccc(N)c(C(=N)F)c1)c1ccc(F)cc1F. The van der Waals surface area contributed by atoms with Crippen LogP contribution in [0.25, 0.3) is 11.1 Å². The molecule has 0 aromatic heterocycles. The van der Waals surface area contributed by atoms with Crippen molar-refractivity contribution in [2.75, 3.05) is 39.5 Å². The summed E-state index contributed by atoms with van der Waals surface area (Å²) in [5.41, 5.74) is 8.55. The Bertz CT molecular complexity index is 1420. The first-order valence-corrected chi connectivity index (χ1v) is 12.8. The number of benzene rings is 3. The van der Waals surface area contributed by atoms with Crippen LogP contribution in [-0.4, -0.2) is 50.6 Å². The molecule has 6 nitrogen and oxygen atoms in total. The average molecular weight is 551 g/mol. The monoisotopic (exact) mass is 550 g/mol. The van der Waals surface area contributed by atoms with Gasteiger partial charge < -0.3 is 20.7 Å². The number of amides is 1. The fourth-order valence-corrected chi connectivity index (χ4v) is 4.11. The number of anilines is 1. The molecule has 3 aromatic rings. The zero-order valence-electron chi connectivity index (χ0n) is 22.7. The lowest BCUT2D eigenvalue weighted by Crippen LogP contribution is -2.22. The molecule has 3 rings (SSSR count). The van der Waals surface area contributed by atoms with Crippen molar-refractivity contribution in [2.24, 2.45) is 0 Å². The van der Waals surface area contributed by atoms with E-state index in [-0.39, 0.29) is 22.7 Å². The van der Waals surface area contributed by atoms with Crippen molar-refractivity contribution in [1.29, 1.82) is 5.41 Å². The predicted molar refractivity (Wildman–Crippen MR) is 154 cm³/mol. The normalized spacial score (nSPS) is 11.8. The van der Waals surface area contributed by atoms with Crippen LogP contribution < -0.4 is 15.8 Å². The van der Waals surface area contributed by atoms with Crippen molar-refractivity contribution in [3.8, 4) is 5.75 Å². The minimum Gasteiger partial charge on any atom is -0.492 e. The summed E-state index contributed by atoms with van der Waals surface area (Å²) < 4.78 is 48.3. The molecule has 0 spiro atoms. The molecule has 0 bridgehead atoms. The van der Waals surface area contributed by atoms with Gasteiger partial charge in [-0.3, -0.25) is 10.2 Å². The van der Waals surface area contributed by atoms with Gasteiger partial charge in [0.1, 0.15) is 24.0 Å². The van der Waals surface area contributed by atoms with Crippen molar-refractivity contribution >= 4 is 28.7 Å². The minimum absolute atomic E-state index is 0.0709. The Kier molecular flexibility index (Phi) is 10.7. The number of nitrogens with zero attached hydrogens (tertiary/aromatic N) is 1. The van der Waals surface area contributed by atoms with Crippen LogP contribution in [0.5, 0.6) is 5.75 Å². The van der Waals surface area contributed by atoms with Crippen LogP contribution in [0.1, 0.15) is 35.6 Å². The lowest BCUT2D eigenvalue weighted by atomic mass is 9.87. The van der Waals surface area contributed by atoms with Crippen LogP contribution in [0, 0.1) is 17.0 Å². The zero-order chi connectivity index (χ0) is 29.2. The average Bonchev–Trinajstić information content (AvgIpc) is 2.92. The van der Waals surface area contributed by atoms with Gasteiger partial charge >= 0.3 is 0 Å². The Hall–Kier alpha value is -4.37. The van der Waals surface area contributed by atoms with E-state index in [9.17, 15) is 18.0 Å². The number of rotatable bonds is 12. The molecule has 0 radical (unpaired) electrons. The van der Waals surface area contributed by atoms with E-state index in [0.29, 0.717) is 54.1 Å². The summed E-state index contributed by atoms with van der Waals surface area (Å²) in [6.45, 7) is 3.32. The molecule has 0 saturated heterocycles. The number of hydrogen-bond donors (Lipinski definition) is 3. The third-order valence-corrected chi connectivity index (χ3v) is 6.14. The molecule has 0 fully saturated rings. The summed E-state index contributed by atoms with van der Waals surface area (Å²) in [4.78, 5) is 13.0. The van der Waals surface area contributed by atoms with Crippen LogP contribution in [0.4, 0.5) is 18.9 Å². The van der Waals surface area contributed by atoms with E-state index in [1.165, 1.54) is 35.2 Å². The summed E-state index contributed by atoms with van der Waals surface area (Å²) in [5, 5.41) is 10.6. The van der Waals surface area contributed by atoms with Crippen LogP contribution in [0.2, 0.25) is 0 Å². The third kappa shape index (κ3) is 7.83. The van der Waals surface area contributed by atoms with Crippen molar-refractivity contribution in [1.82, 2.24) is 10.2 Å². The van der Waals surface area contributed by atoms with Crippen molar-refractivity contribution in [2.45, 2.75) is 13.3 Å². The van der Waals surface area contributed by atoms with Crippen LogP contribution in [0.3, 0.4) is 0 Å². The highest BCUT2D eigenvalue weighted by Crippen LogP contribution is 2.37. The Morgan fingerprint density at radius 2 is 1.73 bits per heavy atom. The summed E-state index contributed by atoms with van der Waals surface area (Å²) in [7, 11) is 3.37. The number of allylic oxidation sites excluding steroid dienone is 1. The number of nitrogens with one attached hydrogen (secondary N) is 2. The molecule has 0 aliphatic carbocycles. The Balaban J connectivity index is 1.88. The molecule has 0 aliphatic rings. The largest absolute Gasteiger partial charge is 0.492 e. The van der Waals surface area contributed by atoms with Gasteiger partial charge in [-0.15, -0.1) is 0 Å². The molecular weight excluding hydrogens is 517 g/mol. The first-order chi connectivity index (χ1) is 19.1. The fraction of sp³-hybridized carbons (Fsp3) is 0.226. The van der Waals surface area contributed by atoms with Gasteiger partial charge in [-0.2, -0.15) is 4.39 Å². The van der Waals surface area contributed by atoms with Gasteiger partial charge in [0.05, 0.1) is 5.56 Å². The number of carbonyl (C=O) groups is 1. The molecule has 1 amide bonds. The molecule has 0 unspecified atom stereocenters. The molecule has 3 aromatic carbocycles. The highest BCUT2D eigenvalue weighted by Gasteiger charge is 2.18. The summed E-state index contributed by atoms with van der Waals surface area (Å²) in [6, 6.07) is 15.2. The number of likely N-dealkylation sites (N-methyl/N-ethyl adjacent to an activating group) is 1. The van der Waals surface area contributed by atoms with E-state index in [2.05, 4.69) is 5.32 Å². The minimum atomic E-state index is -1.18. The quantitative estimate of drug-likeness (QED) is 0.0871. The molecule has 0 aliphatic heterocycles. The van der Waals surface area contributed by atoms with Crippen LogP contribution in [0.15, 0.2) is 72.8 Å². The second kappa shape index (κ2) is 14.1. The van der Waals surface area contributed by atoms with Crippen LogP contribution in [-0.2, 0) is 4.79 Å². The van der Waals surface area contributed by atoms with Gasteiger partial charge in [0.25, 0.3) is 0 Å². The number of nitrogens with two attached hydrogens (primary N) is 1. The van der Waals surface area contributed by atoms with E-state index in [0.717, 1.165) is 6.07 Å². The maximum atomic E-state index is 14.9. The molecule has 0 saturated carbocycles. The van der Waals surface area contributed by atoms with Crippen molar-refractivity contribution in [3.05, 3.63) is 107 Å². The lowest BCUT2D eigenvalue weighted by molar-refractivity contribution is -0.123. The molecule has 40 heavy (non-hydrogen) atoms. The summed E-state index contributed by atoms with van der Waals surface area (Å²) >= 11 is 0. The second-order valence-electron chi connectivity index (χ2n) is 9.16. The van der Waals surface area contributed by atoms with E-state index in [4.69, 9.17) is 15.9 Å². The second-order valence-corrected chi connectivity index (χ2v) is 9.16. The van der Waals surface area contributed by atoms with Gasteiger partial charge in [0.2, 0.25) is 11.9 Å². The lowest BCUT2D eigenvalue weighted by Gasteiger charge is -2.18. The smallest absolute Gasteiger partial charge is 0.245 e. The molecular formula is C31H33F3N4O2. The Morgan fingerprint density at radius 3 is 2.35 bits per heavy atom. The molecule has 210 valence electrons. The zero-order valence-corrected chi connectivity index (χ0v) is 22.7. The predicted octanol–water partition coefficient (Wildman–Crippen LogP) is 5.82. The standard InChI is InChI=1S/C31H33F3N4O2/c1-4-24(25-13-10-22(32)19-27(25)33)30(21-9-14-28(35)26(18-21)31(34)36)20-7-11-23(12-8-20)40-17-16-37-15-5-6-29(39)38(2)3/h5-14,18-19,36-37H,4,15-17,35H2,1-3H3/b6-5+,30-24+,36-31?. The van der Waals surface area contributed by atoms with E-state index in [1.807, 2.05) is 19.1 Å². The summed E-state index contributed by atoms with van der Waals surface area (Å²) in [5.74, 6) is -2.05. The van der Waals surface area contributed by atoms with Crippen LogP contribution >= 0.6 is 0 Å². The Labute approximate surface area is 232 Å². The van der Waals surface area contributed by atoms with Gasteiger partial charge in [0.15, 0.2) is 0 Å². The number of hydrogen-bond acceptors (Lipinski definition) is 5. The summed E-state index contributed by atoms with van der Waals surface area (Å²) in [6.07, 6.45) is 3.64. The number of halogens is 3. The highest BCUT2D eigenvalue weighted by molar-refractivity contribution is 6.02. The Morgan fingerprint density at radius 1 is 1.02 bits per heavy atom. The molecule has 0 heterocycles. The van der Waals surface area contributed by atoms with E-state index < -0.39 is 17.6 Å². The fourth-order valence-electron chi connectivity index (χ4n) is 4.11. The molecule has 4 N–H and O–H groups in total. The topological polar surface area (TPSA) is 91.4 Å². The number of carbonyl (C=O) groups excluding carboxylic acids is 1. The van der Waals surface area contributed by atoms with Gasteiger partial charge in [-0.25, -0.2) is 8.78 Å². The van der Waals surface area contributed by atoms with Crippen molar-refractivity contribution in [3.63, 3.8) is 0 Å². The molecule has 0 atom stereocenters. The molecule has 9 heteroatoms. The highest BCUT2D eigenvalue weighted by atomic mass is 19.1. The first-order valence-electron chi connectivity index (χ1n) is 12.8. The van der Waals surface area contributed by atoms with Gasteiger partial charge in [0, 0.05) is 50.6 Å². The third-order valence-electron chi connectivity index (χ3n) is 6.14. The van der Waals surface area contributed by atoms with E-state index in [1.54, 1.807) is 38.4 Å².